The largest absolute Gasteiger partial charge is 0.573 e. The first kappa shape index (κ1) is 38.0. The highest BCUT2D eigenvalue weighted by Gasteiger charge is 2.31. The molecule has 2 heterocycles. The number of H-pyrrole nitrogens is 1. The average Bonchev–Trinajstić information content (AvgIpc) is 3.52. The lowest BCUT2D eigenvalue weighted by atomic mass is 10.0. The second-order valence-electron chi connectivity index (χ2n) is 10.2. The van der Waals surface area contributed by atoms with Crippen LogP contribution in [-0.2, 0) is 30.3 Å². The zero-order chi connectivity index (χ0) is 36.2. The van der Waals surface area contributed by atoms with Crippen LogP contribution in [0.15, 0.2) is 72.8 Å². The third kappa shape index (κ3) is 10.8. The predicted molar refractivity (Wildman–Crippen MR) is 174 cm³/mol. The van der Waals surface area contributed by atoms with E-state index in [2.05, 4.69) is 14.7 Å². The molecule has 0 amide bonds. The quantitative estimate of drug-likeness (QED) is 0.172. The molecule has 260 valence electrons. The van der Waals surface area contributed by atoms with Crippen LogP contribution < -0.4 is 10.5 Å². The van der Waals surface area contributed by atoms with E-state index in [1.807, 2.05) is 30.3 Å². The van der Waals surface area contributed by atoms with Crippen LogP contribution >= 0.6 is 0 Å². The number of hydrogen-bond acceptors (Lipinski definition) is 10. The van der Waals surface area contributed by atoms with Gasteiger partial charge in [-0.1, -0.05) is 36.4 Å². The molecule has 0 saturated carbocycles. The van der Waals surface area contributed by atoms with Gasteiger partial charge in [0, 0.05) is 16.7 Å². The van der Waals surface area contributed by atoms with Crippen molar-refractivity contribution in [3.05, 3.63) is 72.8 Å². The van der Waals surface area contributed by atoms with E-state index in [0.29, 0.717) is 51.9 Å². The molecule has 0 aliphatic heterocycles. The Kier molecular flexibility index (Phi) is 11.3. The van der Waals surface area contributed by atoms with Crippen molar-refractivity contribution < 1.29 is 52.3 Å². The summed E-state index contributed by atoms with van der Waals surface area (Å²) in [6, 6.07) is 19.8. The molecule has 0 bridgehead atoms. The van der Waals surface area contributed by atoms with E-state index in [0.717, 1.165) is 9.54 Å². The van der Waals surface area contributed by atoms with Crippen LogP contribution in [0, 0.1) is 0 Å². The van der Waals surface area contributed by atoms with Crippen LogP contribution in [0.25, 0.3) is 44.9 Å². The number of nitrogen functional groups attached to an aromatic ring is 1. The van der Waals surface area contributed by atoms with Crippen molar-refractivity contribution >= 4 is 47.2 Å². The van der Waals surface area contributed by atoms with E-state index >= 15 is 0 Å². The summed E-state index contributed by atoms with van der Waals surface area (Å²) in [6.07, 6.45) is -3.36. The zero-order valence-corrected chi connectivity index (χ0v) is 28.0. The molecule has 0 saturated heterocycles. The number of anilines is 1. The maximum Gasteiger partial charge on any atom is 0.573 e. The van der Waals surface area contributed by atoms with Crippen molar-refractivity contribution in [3.8, 4) is 39.7 Å². The Bertz CT molecular complexity index is 2170. The number of nitrogens with two attached hydrogens (primary N) is 1. The van der Waals surface area contributed by atoms with Gasteiger partial charge in [0.05, 0.1) is 40.2 Å². The van der Waals surface area contributed by atoms with Crippen molar-refractivity contribution in [1.29, 1.82) is 0 Å². The molecule has 5 aromatic rings. The molecule has 2 aromatic heterocycles. The van der Waals surface area contributed by atoms with Crippen LogP contribution in [0.3, 0.4) is 0 Å². The minimum absolute atomic E-state index is 0.141. The highest BCUT2D eigenvalue weighted by atomic mass is 32.2. The summed E-state index contributed by atoms with van der Waals surface area (Å²) >= 11 is 0. The van der Waals surface area contributed by atoms with Crippen molar-refractivity contribution in [1.82, 2.24) is 18.9 Å². The highest BCUT2D eigenvalue weighted by Crippen LogP contribution is 2.36. The molecule has 0 aliphatic carbocycles. The van der Waals surface area contributed by atoms with E-state index in [9.17, 15) is 38.4 Å². The predicted octanol–water partition coefficient (Wildman–Crippen LogP) is 4.84. The minimum Gasteiger partial charge on any atom is -0.406 e. The molecule has 0 fully saturated rings. The lowest BCUT2D eigenvalue weighted by molar-refractivity contribution is -0.274. The number of rotatable bonds is 6. The maximum absolute atomic E-state index is 13.0. The number of benzene rings is 3. The Balaban J connectivity index is 0.000000548. The van der Waals surface area contributed by atoms with Crippen LogP contribution in [0.1, 0.15) is 13.8 Å². The normalized spacial score (nSPS) is 12.2. The fourth-order valence-corrected chi connectivity index (χ4v) is 5.19. The molecule has 5 rings (SSSR count). The van der Waals surface area contributed by atoms with Gasteiger partial charge in [0.2, 0.25) is 16.0 Å². The summed E-state index contributed by atoms with van der Waals surface area (Å²) in [5.74, 6) is -0.0858. The molecule has 0 radical (unpaired) electrons. The number of fused-ring (bicyclic) bond motifs is 1. The summed E-state index contributed by atoms with van der Waals surface area (Å²) in [6.45, 7) is 3.12. The number of hydrogen-bond donors (Lipinski definition) is 4. The Labute approximate surface area is 274 Å². The van der Waals surface area contributed by atoms with Gasteiger partial charge in [-0.3, -0.25) is 9.11 Å². The van der Waals surface area contributed by atoms with E-state index < -0.39 is 41.9 Å². The lowest BCUT2D eigenvalue weighted by Crippen LogP contribution is -2.23. The number of aromatic amines is 1. The SMILES string of the molecule is CC(C)S(=O)(=O)n1c(N)nc2ccc(-c3nc(-c4ccc(OC(F)(F)F)cc4)[nH]c3-c3ccccc3)cc21.CS(=O)(=O)O.CS(=O)(=O)O. The molecule has 48 heavy (non-hydrogen) atoms. The molecule has 0 atom stereocenters. The summed E-state index contributed by atoms with van der Waals surface area (Å²) in [5, 5.41) is -0.730. The van der Waals surface area contributed by atoms with Gasteiger partial charge in [-0.05, 0) is 50.2 Å². The third-order valence-corrected chi connectivity index (χ3v) is 7.97. The smallest absolute Gasteiger partial charge is 0.406 e. The first-order valence-corrected chi connectivity index (χ1v) is 18.5. The van der Waals surface area contributed by atoms with Gasteiger partial charge >= 0.3 is 6.36 Å². The van der Waals surface area contributed by atoms with Gasteiger partial charge in [0.25, 0.3) is 20.2 Å². The van der Waals surface area contributed by atoms with E-state index in [1.165, 1.54) is 24.3 Å². The summed E-state index contributed by atoms with van der Waals surface area (Å²) in [7, 11) is -11.1. The Morgan fingerprint density at radius 2 is 1.33 bits per heavy atom. The Hall–Kier alpha value is -4.50. The first-order chi connectivity index (χ1) is 21.9. The monoisotopic (exact) mass is 733 g/mol. The molecule has 0 spiro atoms. The standard InChI is InChI=1S/C26H22F3N5O3S.2CH4O3S/c1-15(2)38(35,36)34-21-14-18(10-13-20(21)31-25(34)30)23-22(16-6-4-3-5-7-16)32-24(33-23)17-8-11-19(12-9-17)37-26(27,28)29;2*1-5(2,3)4/h3-15H,1-2H3,(H2,30,31)(H,32,33);2*1H3,(H,2,3,4). The van der Waals surface area contributed by atoms with Crippen LogP contribution in [0.2, 0.25) is 0 Å². The number of nitrogens with one attached hydrogen (secondary N) is 1. The van der Waals surface area contributed by atoms with Crippen molar-refractivity contribution in [3.63, 3.8) is 0 Å². The van der Waals surface area contributed by atoms with E-state index in [4.69, 9.17) is 19.8 Å². The highest BCUT2D eigenvalue weighted by molar-refractivity contribution is 7.90. The fraction of sp³-hybridized carbons (Fsp3) is 0.214. The molecule has 5 N–H and O–H groups in total. The number of nitrogens with zero attached hydrogens (tertiary/aromatic N) is 3. The van der Waals surface area contributed by atoms with Crippen molar-refractivity contribution in [2.24, 2.45) is 0 Å². The molecule has 20 heteroatoms. The van der Waals surface area contributed by atoms with Crippen LogP contribution in [0.5, 0.6) is 5.75 Å². The summed E-state index contributed by atoms with van der Waals surface area (Å²) in [4.78, 5) is 12.2. The van der Waals surface area contributed by atoms with E-state index in [1.54, 1.807) is 32.0 Å². The van der Waals surface area contributed by atoms with Crippen LogP contribution in [0.4, 0.5) is 19.1 Å². The number of alkyl halides is 3. The average molecular weight is 734 g/mol. The van der Waals surface area contributed by atoms with Gasteiger partial charge < -0.3 is 15.5 Å². The Morgan fingerprint density at radius 3 is 1.83 bits per heavy atom. The van der Waals surface area contributed by atoms with Gasteiger partial charge in [-0.15, -0.1) is 13.2 Å². The number of aromatic nitrogens is 4. The second kappa shape index (κ2) is 14.3. The fourth-order valence-electron chi connectivity index (χ4n) is 4.05. The maximum atomic E-state index is 13.0. The second-order valence-corrected chi connectivity index (χ2v) is 15.5. The zero-order valence-electron chi connectivity index (χ0n) is 25.5. The number of imidazole rings is 2. The molecule has 0 unspecified atom stereocenters. The molecular weight excluding hydrogens is 704 g/mol. The molecule has 3 aromatic carbocycles. The van der Waals surface area contributed by atoms with Crippen LogP contribution in [-0.4, -0.2) is 77.4 Å². The summed E-state index contributed by atoms with van der Waals surface area (Å²) < 4.78 is 120. The van der Waals surface area contributed by atoms with Crippen molar-refractivity contribution in [2.45, 2.75) is 25.5 Å². The Morgan fingerprint density at radius 1 is 0.812 bits per heavy atom. The first-order valence-electron chi connectivity index (χ1n) is 13.3. The third-order valence-electron chi connectivity index (χ3n) is 5.89. The molecule has 0 aliphatic rings. The van der Waals surface area contributed by atoms with Gasteiger partial charge in [0.1, 0.15) is 11.6 Å². The number of ether oxygens (including phenoxy) is 1. The molecule has 14 nitrogen and oxygen atoms in total. The molecular formula is C28H30F3N5O9S3. The minimum atomic E-state index is -4.79. The van der Waals surface area contributed by atoms with Gasteiger partial charge in [-0.2, -0.15) is 16.8 Å². The van der Waals surface area contributed by atoms with Crippen molar-refractivity contribution in [2.75, 3.05) is 18.2 Å². The summed E-state index contributed by atoms with van der Waals surface area (Å²) in [5.41, 5.74) is 9.79. The lowest BCUT2D eigenvalue weighted by Gasteiger charge is -2.11. The topological polar surface area (TPSA) is 225 Å². The van der Waals surface area contributed by atoms with Gasteiger partial charge in [-0.25, -0.2) is 22.4 Å². The number of halogens is 3. The van der Waals surface area contributed by atoms with Gasteiger partial charge in [0.15, 0.2) is 0 Å². The van der Waals surface area contributed by atoms with E-state index in [-0.39, 0.29) is 11.7 Å².